The Bertz CT molecular complexity index is 1840. The fraction of sp³-hybridized carbons (Fsp3) is 0.622. The van der Waals surface area contributed by atoms with E-state index in [0.717, 1.165) is 0 Å². The van der Waals surface area contributed by atoms with Crippen LogP contribution in [0, 0.1) is 11.2 Å². The summed E-state index contributed by atoms with van der Waals surface area (Å²) in [5, 5.41) is 25.4. The number of ether oxygens (including phenoxy) is 1. The number of aromatic nitrogens is 3. The van der Waals surface area contributed by atoms with E-state index >= 15 is 4.39 Å². The third-order valence-electron chi connectivity index (χ3n) is 9.97. The third-order valence-corrected chi connectivity index (χ3v) is 9.97. The van der Waals surface area contributed by atoms with Gasteiger partial charge in [-0.3, -0.25) is 9.69 Å². The van der Waals surface area contributed by atoms with Crippen molar-refractivity contribution in [3.05, 3.63) is 59.1 Å². The van der Waals surface area contributed by atoms with Gasteiger partial charge in [-0.05, 0) is 78.1 Å². The monoisotopic (exact) mass is 714 g/mol. The second kappa shape index (κ2) is 12.4. The molecule has 3 aromatic rings. The first-order valence-electron chi connectivity index (χ1n) is 17.5. The second-order valence-corrected chi connectivity index (χ2v) is 17.1. The van der Waals surface area contributed by atoms with Crippen molar-refractivity contribution in [1.82, 2.24) is 24.2 Å². The number of amides is 2. The number of piperidine rings is 1. The molecule has 1 saturated carbocycles. The number of anilines is 1. The summed E-state index contributed by atoms with van der Waals surface area (Å²) >= 11 is 0. The standard InChI is InChI=1S/C37H49F3N6O5/c1-33(2,3)31-36(50,20-46(31)32(48)51-34(4,5)6)19-44-14-12-21(13-15-44)25-17-45-18-26(27(35(7,8)49)28(38)29(45)42-25)43-30(47)24-11-9-10-23(41-24)22-16-37(22,39)40/h9-11,17-18,21-22,31,49-50H,12-16,19-20H2,1-8H3,(H,43,47). The van der Waals surface area contributed by atoms with Crippen LogP contribution in [0.2, 0.25) is 0 Å². The Kier molecular flexibility index (Phi) is 9.03. The first kappa shape index (κ1) is 37.0. The molecule has 2 aliphatic heterocycles. The summed E-state index contributed by atoms with van der Waals surface area (Å²) < 4.78 is 50.6. The van der Waals surface area contributed by atoms with Crippen LogP contribution in [0.3, 0.4) is 0 Å². The number of aliphatic hydroxyl groups is 2. The third kappa shape index (κ3) is 7.45. The van der Waals surface area contributed by atoms with E-state index in [2.05, 4.69) is 20.2 Å². The molecule has 6 rings (SSSR count). The van der Waals surface area contributed by atoms with Crippen LogP contribution in [-0.2, 0) is 10.3 Å². The van der Waals surface area contributed by atoms with Crippen LogP contribution in [-0.4, -0.2) is 95.7 Å². The minimum Gasteiger partial charge on any atom is -0.444 e. The minimum atomic E-state index is -2.85. The average Bonchev–Trinajstić information content (AvgIpc) is 3.40. The highest BCUT2D eigenvalue weighted by Gasteiger charge is 2.60. The van der Waals surface area contributed by atoms with Crippen molar-refractivity contribution < 1.29 is 37.7 Å². The van der Waals surface area contributed by atoms with Gasteiger partial charge in [-0.1, -0.05) is 26.8 Å². The van der Waals surface area contributed by atoms with Gasteiger partial charge in [0.2, 0.25) is 0 Å². The maximum absolute atomic E-state index is 16.2. The average molecular weight is 715 g/mol. The number of β-amino-alcohol motifs (C(OH)–C–C–N with tert-alkyl or cyclic N) is 1. The molecule has 3 unspecified atom stereocenters. The molecule has 0 aromatic carbocycles. The van der Waals surface area contributed by atoms with Gasteiger partial charge in [0, 0.05) is 36.8 Å². The highest BCUT2D eigenvalue weighted by molar-refractivity contribution is 6.03. The Morgan fingerprint density at radius 3 is 2.24 bits per heavy atom. The van der Waals surface area contributed by atoms with Gasteiger partial charge < -0.3 is 29.6 Å². The van der Waals surface area contributed by atoms with E-state index in [1.54, 1.807) is 11.1 Å². The number of hydrogen-bond acceptors (Lipinski definition) is 8. The molecule has 3 aliphatic rings. The van der Waals surface area contributed by atoms with Gasteiger partial charge in [0.05, 0.1) is 41.2 Å². The lowest BCUT2D eigenvalue weighted by molar-refractivity contribution is -0.188. The zero-order valence-corrected chi connectivity index (χ0v) is 30.6. The molecule has 0 radical (unpaired) electrons. The first-order valence-corrected chi connectivity index (χ1v) is 17.5. The van der Waals surface area contributed by atoms with E-state index in [9.17, 15) is 28.6 Å². The minimum absolute atomic E-state index is 0.00215. The Morgan fingerprint density at radius 2 is 1.67 bits per heavy atom. The van der Waals surface area contributed by atoms with Crippen LogP contribution in [0.25, 0.3) is 5.65 Å². The molecule has 51 heavy (non-hydrogen) atoms. The van der Waals surface area contributed by atoms with Crippen LogP contribution < -0.4 is 5.32 Å². The van der Waals surface area contributed by atoms with Crippen molar-refractivity contribution in [1.29, 1.82) is 0 Å². The summed E-state index contributed by atoms with van der Waals surface area (Å²) in [6.07, 6.45) is 3.83. The fourth-order valence-corrected chi connectivity index (χ4v) is 7.81. The predicted octanol–water partition coefficient (Wildman–Crippen LogP) is 6.05. The van der Waals surface area contributed by atoms with Crippen LogP contribution in [0.4, 0.5) is 23.7 Å². The summed E-state index contributed by atoms with van der Waals surface area (Å²) in [4.78, 5) is 38.7. The number of rotatable bonds is 7. The normalized spacial score (nSPS) is 24.4. The maximum atomic E-state index is 16.2. The molecule has 3 atom stereocenters. The van der Waals surface area contributed by atoms with E-state index < -0.39 is 57.9 Å². The molecule has 2 amide bonds. The van der Waals surface area contributed by atoms with E-state index in [4.69, 9.17) is 4.74 Å². The van der Waals surface area contributed by atoms with Crippen LogP contribution in [0.5, 0.6) is 0 Å². The molecule has 2 saturated heterocycles. The van der Waals surface area contributed by atoms with Crippen molar-refractivity contribution in [3.8, 4) is 0 Å². The summed E-state index contributed by atoms with van der Waals surface area (Å²) in [7, 11) is 0. The van der Waals surface area contributed by atoms with Gasteiger partial charge >= 0.3 is 6.09 Å². The zero-order valence-electron chi connectivity index (χ0n) is 30.6. The number of fused-ring (bicyclic) bond motifs is 1. The van der Waals surface area contributed by atoms with Gasteiger partial charge in [0.1, 0.15) is 16.9 Å². The smallest absolute Gasteiger partial charge is 0.410 e. The molecule has 3 aromatic heterocycles. The van der Waals surface area contributed by atoms with Gasteiger partial charge in [-0.25, -0.2) is 27.9 Å². The van der Waals surface area contributed by atoms with Gasteiger partial charge in [0.15, 0.2) is 11.5 Å². The van der Waals surface area contributed by atoms with Crippen molar-refractivity contribution in [2.45, 2.75) is 115 Å². The van der Waals surface area contributed by atoms with Crippen LogP contribution >= 0.6 is 0 Å². The summed E-state index contributed by atoms with van der Waals surface area (Å²) in [6, 6.07) is 3.89. The first-order chi connectivity index (χ1) is 23.5. The van der Waals surface area contributed by atoms with Crippen molar-refractivity contribution in [2.75, 3.05) is 31.5 Å². The number of likely N-dealkylation sites (tertiary alicyclic amines) is 2. The highest BCUT2D eigenvalue weighted by atomic mass is 19.3. The summed E-state index contributed by atoms with van der Waals surface area (Å²) in [5.41, 5.74) is -3.35. The highest BCUT2D eigenvalue weighted by Crippen LogP contribution is 2.55. The van der Waals surface area contributed by atoms with Gasteiger partial charge in [-0.15, -0.1) is 0 Å². The largest absolute Gasteiger partial charge is 0.444 e. The molecule has 11 nitrogen and oxygen atoms in total. The maximum Gasteiger partial charge on any atom is 0.410 e. The van der Waals surface area contributed by atoms with Crippen molar-refractivity contribution in [3.63, 3.8) is 0 Å². The summed E-state index contributed by atoms with van der Waals surface area (Å²) in [5.74, 6) is -5.42. The molecule has 3 fully saturated rings. The number of nitrogens with one attached hydrogen (secondary N) is 1. The van der Waals surface area contributed by atoms with Crippen LogP contribution in [0.15, 0.2) is 30.6 Å². The number of hydrogen-bond donors (Lipinski definition) is 3. The van der Waals surface area contributed by atoms with Gasteiger partial charge in [-0.2, -0.15) is 0 Å². The van der Waals surface area contributed by atoms with E-state index in [-0.39, 0.29) is 47.2 Å². The predicted molar refractivity (Wildman–Crippen MR) is 184 cm³/mol. The Balaban J connectivity index is 1.16. The number of pyridine rings is 2. The number of halogens is 3. The number of carbonyl (C=O) groups excluding carboxylic acids is 2. The fourth-order valence-electron chi connectivity index (χ4n) is 7.81. The topological polar surface area (TPSA) is 133 Å². The lowest BCUT2D eigenvalue weighted by Crippen LogP contribution is -2.78. The lowest BCUT2D eigenvalue weighted by Gasteiger charge is -2.60. The molecular formula is C37H49F3N6O5. The molecular weight excluding hydrogens is 665 g/mol. The van der Waals surface area contributed by atoms with E-state index in [0.29, 0.717) is 38.2 Å². The molecule has 3 N–H and O–H groups in total. The molecule has 0 bridgehead atoms. The van der Waals surface area contributed by atoms with Crippen molar-refractivity contribution >= 4 is 23.3 Å². The van der Waals surface area contributed by atoms with Gasteiger partial charge in [0.25, 0.3) is 11.8 Å². The summed E-state index contributed by atoms with van der Waals surface area (Å²) in [6.45, 7) is 16.1. The zero-order chi connectivity index (χ0) is 37.5. The lowest BCUT2D eigenvalue weighted by atomic mass is 9.69. The molecule has 0 spiro atoms. The Hall–Kier alpha value is -3.75. The Labute approximate surface area is 296 Å². The number of carbonyl (C=O) groups is 2. The number of imidazole rings is 1. The molecule has 5 heterocycles. The quantitative estimate of drug-likeness (QED) is 0.270. The number of nitrogens with zero attached hydrogens (tertiary/aromatic N) is 5. The second-order valence-electron chi connectivity index (χ2n) is 17.1. The van der Waals surface area contributed by atoms with E-state index in [1.165, 1.54) is 42.6 Å². The Morgan fingerprint density at radius 1 is 1.02 bits per heavy atom. The number of alkyl halides is 2. The van der Waals surface area contributed by atoms with Crippen molar-refractivity contribution in [2.24, 2.45) is 5.41 Å². The molecule has 278 valence electrons. The molecule has 14 heteroatoms. The molecule has 1 aliphatic carbocycles. The van der Waals surface area contributed by atoms with E-state index in [1.807, 2.05) is 41.5 Å². The SMILES string of the molecule is CC(C)(C)OC(=O)N1CC(O)(CN2CCC(c3cn4cc(NC(=O)c5cccc(C6CC6(F)F)n5)c(C(C)(C)O)c(F)c4n3)CC2)C1C(C)(C)C. The van der Waals surface area contributed by atoms with Crippen LogP contribution in [0.1, 0.15) is 114 Å².